The predicted octanol–water partition coefficient (Wildman–Crippen LogP) is 3.17. The minimum atomic E-state index is -0.300. The first kappa shape index (κ1) is 19.0. The van der Waals surface area contributed by atoms with Gasteiger partial charge in [-0.15, -0.1) is 0 Å². The van der Waals surface area contributed by atoms with Gasteiger partial charge in [0.25, 0.3) is 0 Å². The number of ether oxygens (including phenoxy) is 1. The van der Waals surface area contributed by atoms with Crippen LogP contribution in [0, 0.1) is 0 Å². The van der Waals surface area contributed by atoms with Gasteiger partial charge in [-0.2, -0.15) is 0 Å². The molecule has 3 heterocycles. The van der Waals surface area contributed by atoms with Crippen LogP contribution in [0.5, 0.6) is 0 Å². The molecule has 1 unspecified atom stereocenters. The molecular weight excluding hydrogens is 328 g/mol. The molecule has 3 rings (SSSR count). The third-order valence-corrected chi connectivity index (χ3v) is 5.04. The van der Waals surface area contributed by atoms with Crippen molar-refractivity contribution in [3.8, 4) is 0 Å². The number of nitrogens with zero attached hydrogens (tertiary/aromatic N) is 3. The molecule has 0 spiro atoms. The molecule has 144 valence electrons. The average molecular weight is 361 g/mol. The SMILES string of the molecule is CC1CN(C(=O)NCc2ccc(N3CCCCCC3)nc2)CC(C)(C)O1. The minimum absolute atomic E-state index is 0.0372. The van der Waals surface area contributed by atoms with E-state index in [0.717, 1.165) is 24.5 Å². The summed E-state index contributed by atoms with van der Waals surface area (Å²) in [6, 6.07) is 4.11. The fraction of sp³-hybridized carbons (Fsp3) is 0.700. The summed E-state index contributed by atoms with van der Waals surface area (Å²) in [5.74, 6) is 1.05. The molecule has 1 atom stereocenters. The number of pyridine rings is 1. The Morgan fingerprint density at radius 1 is 1.27 bits per heavy atom. The second-order valence-electron chi connectivity index (χ2n) is 8.15. The monoisotopic (exact) mass is 360 g/mol. The van der Waals surface area contributed by atoms with Crippen LogP contribution in [-0.2, 0) is 11.3 Å². The van der Waals surface area contributed by atoms with Crippen LogP contribution in [-0.4, -0.2) is 53.8 Å². The summed E-state index contributed by atoms with van der Waals surface area (Å²) >= 11 is 0. The lowest BCUT2D eigenvalue weighted by Gasteiger charge is -2.41. The second-order valence-corrected chi connectivity index (χ2v) is 8.15. The highest BCUT2D eigenvalue weighted by atomic mass is 16.5. The van der Waals surface area contributed by atoms with Crippen molar-refractivity contribution in [1.29, 1.82) is 0 Å². The number of amides is 2. The number of rotatable bonds is 3. The van der Waals surface area contributed by atoms with Gasteiger partial charge in [0.1, 0.15) is 5.82 Å². The number of carbonyl (C=O) groups is 1. The first-order valence-electron chi connectivity index (χ1n) is 9.83. The zero-order valence-electron chi connectivity index (χ0n) is 16.3. The Hall–Kier alpha value is -1.82. The van der Waals surface area contributed by atoms with Crippen molar-refractivity contribution in [3.05, 3.63) is 23.9 Å². The molecule has 0 aromatic carbocycles. The van der Waals surface area contributed by atoms with E-state index < -0.39 is 0 Å². The number of morpholine rings is 1. The second kappa shape index (κ2) is 8.25. The molecule has 2 fully saturated rings. The van der Waals surface area contributed by atoms with E-state index in [-0.39, 0.29) is 17.7 Å². The Morgan fingerprint density at radius 3 is 2.62 bits per heavy atom. The fourth-order valence-electron chi connectivity index (χ4n) is 3.91. The Balaban J connectivity index is 1.52. The Morgan fingerprint density at radius 2 is 2.00 bits per heavy atom. The van der Waals surface area contributed by atoms with E-state index in [0.29, 0.717) is 19.6 Å². The van der Waals surface area contributed by atoms with Crippen molar-refractivity contribution >= 4 is 11.8 Å². The van der Waals surface area contributed by atoms with E-state index in [2.05, 4.69) is 27.3 Å². The molecule has 2 amide bonds. The Labute approximate surface area is 156 Å². The maximum absolute atomic E-state index is 12.5. The van der Waals surface area contributed by atoms with Crippen LogP contribution in [0.4, 0.5) is 10.6 Å². The molecule has 2 aliphatic heterocycles. The largest absolute Gasteiger partial charge is 0.369 e. The molecule has 0 radical (unpaired) electrons. The topological polar surface area (TPSA) is 57.7 Å². The van der Waals surface area contributed by atoms with Crippen molar-refractivity contribution in [2.45, 2.75) is 64.7 Å². The first-order chi connectivity index (χ1) is 12.4. The zero-order chi connectivity index (χ0) is 18.6. The summed E-state index contributed by atoms with van der Waals surface area (Å²) in [5, 5.41) is 3.01. The van der Waals surface area contributed by atoms with Crippen LogP contribution in [0.3, 0.4) is 0 Å². The van der Waals surface area contributed by atoms with Crippen molar-refractivity contribution in [2.75, 3.05) is 31.1 Å². The molecule has 1 aromatic rings. The Kier molecular flexibility index (Phi) is 6.01. The molecule has 26 heavy (non-hydrogen) atoms. The normalized spacial score (nSPS) is 23.4. The van der Waals surface area contributed by atoms with E-state index >= 15 is 0 Å². The van der Waals surface area contributed by atoms with Gasteiger partial charge >= 0.3 is 6.03 Å². The maximum Gasteiger partial charge on any atom is 0.317 e. The lowest BCUT2D eigenvalue weighted by molar-refractivity contribution is -0.117. The molecule has 0 saturated carbocycles. The third-order valence-electron chi connectivity index (χ3n) is 5.04. The summed E-state index contributed by atoms with van der Waals surface area (Å²) in [5.41, 5.74) is 0.725. The number of nitrogens with one attached hydrogen (secondary N) is 1. The summed E-state index contributed by atoms with van der Waals surface area (Å²) in [6.45, 7) is 9.96. The van der Waals surface area contributed by atoms with Crippen molar-refractivity contribution in [3.63, 3.8) is 0 Å². The van der Waals surface area contributed by atoms with Crippen LogP contribution in [0.1, 0.15) is 52.0 Å². The molecule has 1 N–H and O–H groups in total. The van der Waals surface area contributed by atoms with Gasteiger partial charge in [0.05, 0.1) is 18.2 Å². The molecule has 0 aliphatic carbocycles. The average Bonchev–Trinajstić information content (AvgIpc) is 2.88. The third kappa shape index (κ3) is 5.10. The molecule has 6 nitrogen and oxygen atoms in total. The van der Waals surface area contributed by atoms with E-state index in [4.69, 9.17) is 4.74 Å². The first-order valence-corrected chi connectivity index (χ1v) is 9.83. The highest BCUT2D eigenvalue weighted by Crippen LogP contribution is 2.21. The molecule has 2 aliphatic rings. The minimum Gasteiger partial charge on any atom is -0.369 e. The van der Waals surface area contributed by atoms with Gasteiger partial charge in [-0.25, -0.2) is 9.78 Å². The molecule has 1 aromatic heterocycles. The number of carbonyl (C=O) groups excluding carboxylic acids is 1. The number of aromatic nitrogens is 1. The smallest absolute Gasteiger partial charge is 0.317 e. The van der Waals surface area contributed by atoms with Crippen LogP contribution in [0.15, 0.2) is 18.3 Å². The highest BCUT2D eigenvalue weighted by molar-refractivity contribution is 5.74. The highest BCUT2D eigenvalue weighted by Gasteiger charge is 2.33. The van der Waals surface area contributed by atoms with E-state index in [1.165, 1.54) is 25.7 Å². The summed E-state index contributed by atoms with van der Waals surface area (Å²) in [4.78, 5) is 21.3. The van der Waals surface area contributed by atoms with Crippen molar-refractivity contribution in [2.24, 2.45) is 0 Å². The van der Waals surface area contributed by atoms with Gasteiger partial charge in [0, 0.05) is 32.4 Å². The summed E-state index contributed by atoms with van der Waals surface area (Å²) < 4.78 is 5.86. The van der Waals surface area contributed by atoms with Gasteiger partial charge in [0.2, 0.25) is 0 Å². The predicted molar refractivity (Wildman–Crippen MR) is 103 cm³/mol. The maximum atomic E-state index is 12.5. The lowest BCUT2D eigenvalue weighted by atomic mass is 10.1. The molecule has 0 bridgehead atoms. The number of hydrogen-bond donors (Lipinski definition) is 1. The summed E-state index contributed by atoms with van der Waals surface area (Å²) in [7, 11) is 0. The van der Waals surface area contributed by atoms with Crippen LogP contribution in [0.2, 0.25) is 0 Å². The standard InChI is InChI=1S/C20H32N4O2/c1-16-14-24(15-20(2,3)26-16)19(25)22-13-17-8-9-18(21-12-17)23-10-6-4-5-7-11-23/h8-9,12,16H,4-7,10-11,13-15H2,1-3H3,(H,22,25). The van der Waals surface area contributed by atoms with Crippen LogP contribution >= 0.6 is 0 Å². The van der Waals surface area contributed by atoms with E-state index in [9.17, 15) is 4.79 Å². The van der Waals surface area contributed by atoms with Gasteiger partial charge < -0.3 is 19.9 Å². The van der Waals surface area contributed by atoms with E-state index in [1.807, 2.05) is 31.9 Å². The van der Waals surface area contributed by atoms with Crippen molar-refractivity contribution < 1.29 is 9.53 Å². The van der Waals surface area contributed by atoms with Gasteiger partial charge in [-0.05, 0) is 45.2 Å². The number of anilines is 1. The van der Waals surface area contributed by atoms with E-state index in [1.54, 1.807) is 0 Å². The molecule has 2 saturated heterocycles. The quantitative estimate of drug-likeness (QED) is 0.899. The zero-order valence-corrected chi connectivity index (χ0v) is 16.3. The summed E-state index contributed by atoms with van der Waals surface area (Å²) in [6.07, 6.45) is 7.06. The molecule has 6 heteroatoms. The van der Waals surface area contributed by atoms with Gasteiger partial charge in [-0.1, -0.05) is 18.9 Å². The van der Waals surface area contributed by atoms with Crippen LogP contribution in [0.25, 0.3) is 0 Å². The number of hydrogen-bond acceptors (Lipinski definition) is 4. The van der Waals surface area contributed by atoms with Crippen molar-refractivity contribution in [1.82, 2.24) is 15.2 Å². The van der Waals surface area contributed by atoms with Gasteiger partial charge in [0.15, 0.2) is 0 Å². The fourth-order valence-corrected chi connectivity index (χ4v) is 3.91. The Bertz CT molecular complexity index is 594. The molecular formula is C20H32N4O2. The lowest BCUT2D eigenvalue weighted by Crippen LogP contribution is -2.56. The van der Waals surface area contributed by atoms with Gasteiger partial charge in [-0.3, -0.25) is 0 Å². The van der Waals surface area contributed by atoms with Crippen LogP contribution < -0.4 is 10.2 Å². The number of urea groups is 1.